The topological polar surface area (TPSA) is 36.0 Å². The molecule has 0 aromatic heterocycles. The third-order valence-corrected chi connectivity index (χ3v) is 3.46. The molecule has 1 aliphatic heterocycles. The summed E-state index contributed by atoms with van der Waals surface area (Å²) < 4.78 is 5.29. The highest BCUT2D eigenvalue weighted by Crippen LogP contribution is 2.36. The van der Waals surface area contributed by atoms with E-state index in [1.54, 1.807) is 0 Å². The van der Waals surface area contributed by atoms with E-state index in [0.29, 0.717) is 6.10 Å². The number of benzene rings is 1. The molecule has 0 spiro atoms. The lowest BCUT2D eigenvalue weighted by Gasteiger charge is -2.24. The maximum Gasteiger partial charge on any atom is 0.0936 e. The van der Waals surface area contributed by atoms with Crippen molar-refractivity contribution < 1.29 is 9.84 Å². The van der Waals surface area contributed by atoms with Crippen LogP contribution in [0.4, 0.5) is 0 Å². The maximum absolute atomic E-state index is 10.0. The fourth-order valence-electron chi connectivity index (χ4n) is 2.21. The zero-order chi connectivity index (χ0) is 11.7. The lowest BCUT2D eigenvalue weighted by molar-refractivity contribution is 0.0842. The highest BCUT2D eigenvalue weighted by Gasteiger charge is 2.42. The van der Waals surface area contributed by atoms with Gasteiger partial charge < -0.3 is 9.84 Å². The summed E-state index contributed by atoms with van der Waals surface area (Å²) in [7, 11) is 0. The van der Waals surface area contributed by atoms with Gasteiger partial charge in [-0.05, 0) is 18.4 Å². The van der Waals surface area contributed by atoms with Crippen molar-refractivity contribution in [3.8, 4) is 0 Å². The Kier molecular flexibility index (Phi) is 2.90. The molecule has 92 valence electrons. The minimum absolute atomic E-state index is 0.390. The first-order valence-electron chi connectivity index (χ1n) is 6.34. The summed E-state index contributed by atoms with van der Waals surface area (Å²) in [6, 6.07) is 10.4. The quantitative estimate of drug-likeness (QED) is 0.755. The van der Waals surface area contributed by atoms with E-state index in [0.717, 1.165) is 39.1 Å². The van der Waals surface area contributed by atoms with Crippen LogP contribution in [-0.4, -0.2) is 41.4 Å². The molecule has 1 atom stereocenters. The molecule has 1 N–H and O–H groups in total. The van der Waals surface area contributed by atoms with Gasteiger partial charge in [-0.3, -0.25) is 4.90 Å². The zero-order valence-corrected chi connectivity index (χ0v) is 10.0. The van der Waals surface area contributed by atoms with Crippen molar-refractivity contribution in [3.05, 3.63) is 35.9 Å². The fourth-order valence-corrected chi connectivity index (χ4v) is 2.21. The van der Waals surface area contributed by atoms with E-state index in [1.165, 1.54) is 5.56 Å². The van der Waals surface area contributed by atoms with Gasteiger partial charge in [-0.2, -0.15) is 0 Å². The molecule has 0 bridgehead atoms. The molecule has 1 aromatic carbocycles. The van der Waals surface area contributed by atoms with Gasteiger partial charge in [0.1, 0.15) is 0 Å². The second-order valence-electron chi connectivity index (χ2n) is 5.33. The third kappa shape index (κ3) is 3.28. The van der Waals surface area contributed by atoms with E-state index in [4.69, 9.17) is 4.74 Å². The first-order chi connectivity index (χ1) is 8.23. The number of hydrogen-bond acceptors (Lipinski definition) is 3. The lowest BCUT2D eigenvalue weighted by atomic mass is 10.2. The Morgan fingerprint density at radius 2 is 2.00 bits per heavy atom. The van der Waals surface area contributed by atoms with Crippen molar-refractivity contribution in [2.45, 2.75) is 31.1 Å². The molecule has 3 rings (SSSR count). The summed E-state index contributed by atoms with van der Waals surface area (Å²) in [6.45, 7) is 3.51. The van der Waals surface area contributed by atoms with Crippen LogP contribution in [0.15, 0.2) is 30.3 Å². The molecule has 1 saturated heterocycles. The molecule has 1 aromatic rings. The Labute approximate surface area is 102 Å². The second-order valence-corrected chi connectivity index (χ2v) is 5.33. The number of aliphatic hydroxyl groups is 1. The number of hydrogen-bond donors (Lipinski definition) is 1. The predicted molar refractivity (Wildman–Crippen MR) is 65.6 cm³/mol. The Balaban J connectivity index is 1.61. The van der Waals surface area contributed by atoms with Gasteiger partial charge in [-0.15, -0.1) is 0 Å². The van der Waals surface area contributed by atoms with Crippen molar-refractivity contribution in [1.29, 1.82) is 0 Å². The van der Waals surface area contributed by atoms with Crippen LogP contribution in [0.2, 0.25) is 0 Å². The maximum atomic E-state index is 10.0. The number of rotatable bonds is 6. The summed E-state index contributed by atoms with van der Waals surface area (Å²) in [6.07, 6.45) is 2.29. The van der Waals surface area contributed by atoms with E-state index in [1.807, 2.05) is 6.07 Å². The number of nitrogens with zero attached hydrogens (tertiary/aromatic N) is 1. The van der Waals surface area contributed by atoms with Crippen LogP contribution in [0.5, 0.6) is 0 Å². The standard InChI is InChI=1S/C14H19NO2/c16-14(6-7-14)11-15(9-13-10-17-13)8-12-4-2-1-3-5-12/h1-5,13,16H,6-11H2. The summed E-state index contributed by atoms with van der Waals surface area (Å²) in [5.41, 5.74) is 0.890. The van der Waals surface area contributed by atoms with Crippen LogP contribution in [0, 0.1) is 0 Å². The van der Waals surface area contributed by atoms with Crippen LogP contribution in [0.1, 0.15) is 18.4 Å². The molecule has 1 heterocycles. The van der Waals surface area contributed by atoms with Crippen LogP contribution >= 0.6 is 0 Å². The molecule has 1 aliphatic carbocycles. The van der Waals surface area contributed by atoms with Crippen LogP contribution in [0.25, 0.3) is 0 Å². The summed E-state index contributed by atoms with van der Waals surface area (Å²) in [5, 5.41) is 10.0. The van der Waals surface area contributed by atoms with E-state index < -0.39 is 5.60 Å². The van der Waals surface area contributed by atoms with Crippen molar-refractivity contribution in [3.63, 3.8) is 0 Å². The van der Waals surface area contributed by atoms with Crippen molar-refractivity contribution in [2.24, 2.45) is 0 Å². The molecule has 3 nitrogen and oxygen atoms in total. The van der Waals surface area contributed by atoms with Crippen LogP contribution in [-0.2, 0) is 11.3 Å². The summed E-state index contributed by atoms with van der Waals surface area (Å²) in [4.78, 5) is 2.32. The number of ether oxygens (including phenoxy) is 1. The van der Waals surface area contributed by atoms with E-state index >= 15 is 0 Å². The Hall–Kier alpha value is -0.900. The lowest BCUT2D eigenvalue weighted by Crippen LogP contribution is -2.35. The highest BCUT2D eigenvalue weighted by atomic mass is 16.6. The van der Waals surface area contributed by atoms with E-state index in [9.17, 15) is 5.11 Å². The highest BCUT2D eigenvalue weighted by molar-refractivity contribution is 5.14. The third-order valence-electron chi connectivity index (χ3n) is 3.46. The fraction of sp³-hybridized carbons (Fsp3) is 0.571. The van der Waals surface area contributed by atoms with Gasteiger partial charge >= 0.3 is 0 Å². The van der Waals surface area contributed by atoms with Gasteiger partial charge in [0.2, 0.25) is 0 Å². The Morgan fingerprint density at radius 3 is 2.59 bits per heavy atom. The summed E-state index contributed by atoms with van der Waals surface area (Å²) >= 11 is 0. The predicted octanol–water partition coefficient (Wildman–Crippen LogP) is 1.41. The normalized spacial score (nSPS) is 24.9. The molecule has 0 amide bonds. The molecule has 3 heteroatoms. The van der Waals surface area contributed by atoms with Crippen molar-refractivity contribution in [1.82, 2.24) is 4.90 Å². The first kappa shape index (κ1) is 11.2. The minimum atomic E-state index is -0.413. The van der Waals surface area contributed by atoms with E-state index in [-0.39, 0.29) is 0 Å². The molecule has 1 saturated carbocycles. The van der Waals surface area contributed by atoms with Gasteiger partial charge in [0.05, 0.1) is 18.3 Å². The van der Waals surface area contributed by atoms with Gasteiger partial charge in [0.15, 0.2) is 0 Å². The molecule has 2 fully saturated rings. The molecular weight excluding hydrogens is 214 g/mol. The van der Waals surface area contributed by atoms with Crippen molar-refractivity contribution in [2.75, 3.05) is 19.7 Å². The van der Waals surface area contributed by atoms with Gasteiger partial charge in [0, 0.05) is 19.6 Å². The second kappa shape index (κ2) is 4.41. The number of epoxide rings is 1. The largest absolute Gasteiger partial charge is 0.389 e. The Bertz CT molecular complexity index is 371. The van der Waals surface area contributed by atoms with Gasteiger partial charge in [0.25, 0.3) is 0 Å². The SMILES string of the molecule is OC1(CN(Cc2ccccc2)CC2CO2)CC1. The zero-order valence-electron chi connectivity index (χ0n) is 10.0. The average molecular weight is 233 g/mol. The Morgan fingerprint density at radius 1 is 1.29 bits per heavy atom. The molecule has 2 aliphatic rings. The summed E-state index contributed by atoms with van der Waals surface area (Å²) in [5.74, 6) is 0. The monoisotopic (exact) mass is 233 g/mol. The van der Waals surface area contributed by atoms with Gasteiger partial charge in [-0.25, -0.2) is 0 Å². The van der Waals surface area contributed by atoms with E-state index in [2.05, 4.69) is 29.2 Å². The van der Waals surface area contributed by atoms with Gasteiger partial charge in [-0.1, -0.05) is 30.3 Å². The van der Waals surface area contributed by atoms with Crippen LogP contribution in [0.3, 0.4) is 0 Å². The van der Waals surface area contributed by atoms with Crippen LogP contribution < -0.4 is 0 Å². The molecule has 1 unspecified atom stereocenters. The molecule has 17 heavy (non-hydrogen) atoms. The average Bonchev–Trinajstić information content (AvgIpc) is 3.21. The smallest absolute Gasteiger partial charge is 0.0936 e. The molecule has 0 radical (unpaired) electrons. The molecular formula is C14H19NO2. The minimum Gasteiger partial charge on any atom is -0.389 e. The first-order valence-corrected chi connectivity index (χ1v) is 6.34. The van der Waals surface area contributed by atoms with Crippen molar-refractivity contribution >= 4 is 0 Å².